The molecular formula is C26H36N6O2Si. The molecule has 1 atom stereocenters. The van der Waals surface area contributed by atoms with Crippen LogP contribution in [0.15, 0.2) is 42.7 Å². The van der Waals surface area contributed by atoms with Crippen molar-refractivity contribution in [2.75, 3.05) is 26.0 Å². The van der Waals surface area contributed by atoms with Gasteiger partial charge in [0.15, 0.2) is 0 Å². The number of aromatic nitrogens is 4. The molecular weight excluding hydrogens is 456 g/mol. The number of nitrogens with one attached hydrogen (secondary N) is 1. The average molecular weight is 493 g/mol. The second-order valence-corrected chi connectivity index (χ2v) is 16.2. The molecule has 0 radical (unpaired) electrons. The van der Waals surface area contributed by atoms with Crippen molar-refractivity contribution in [3.05, 3.63) is 54.0 Å². The SMILES string of the molecule is CC(c1cc2cnc(NC(=O)c3ccc4cnn(C)c4c3)cc2n1COCC[Si](C)(C)C)N(C)C. The van der Waals surface area contributed by atoms with Crippen LogP contribution in [0.4, 0.5) is 5.82 Å². The van der Waals surface area contributed by atoms with E-state index in [1.807, 2.05) is 37.5 Å². The lowest BCUT2D eigenvalue weighted by molar-refractivity contribution is 0.0857. The molecule has 0 saturated heterocycles. The number of hydrogen-bond donors (Lipinski definition) is 1. The van der Waals surface area contributed by atoms with E-state index in [0.29, 0.717) is 18.1 Å². The zero-order valence-corrected chi connectivity index (χ0v) is 22.8. The first-order chi connectivity index (χ1) is 16.5. The highest BCUT2D eigenvalue weighted by Gasteiger charge is 2.19. The number of ether oxygens (including phenoxy) is 1. The van der Waals surface area contributed by atoms with E-state index >= 15 is 0 Å². The summed E-state index contributed by atoms with van der Waals surface area (Å²) in [6, 6.07) is 11.0. The first kappa shape index (κ1) is 25.1. The Morgan fingerprint density at radius 1 is 1.11 bits per heavy atom. The second-order valence-electron chi connectivity index (χ2n) is 10.6. The number of benzene rings is 1. The molecule has 0 aliphatic carbocycles. The maximum Gasteiger partial charge on any atom is 0.256 e. The van der Waals surface area contributed by atoms with Gasteiger partial charge in [0, 0.05) is 62.1 Å². The Balaban J connectivity index is 1.61. The molecule has 0 aliphatic heterocycles. The number of anilines is 1. The predicted molar refractivity (Wildman–Crippen MR) is 145 cm³/mol. The average Bonchev–Trinajstić information content (AvgIpc) is 3.35. The van der Waals surface area contributed by atoms with Crippen LogP contribution in [0.3, 0.4) is 0 Å². The molecule has 35 heavy (non-hydrogen) atoms. The van der Waals surface area contributed by atoms with Gasteiger partial charge >= 0.3 is 0 Å². The van der Waals surface area contributed by atoms with Gasteiger partial charge in [-0.15, -0.1) is 0 Å². The van der Waals surface area contributed by atoms with E-state index in [-0.39, 0.29) is 11.9 Å². The Kier molecular flexibility index (Phi) is 7.11. The van der Waals surface area contributed by atoms with Gasteiger partial charge in [-0.05, 0) is 45.3 Å². The molecule has 1 amide bonds. The number of pyridine rings is 1. The lowest BCUT2D eigenvalue weighted by Gasteiger charge is -2.23. The standard InChI is InChI=1S/C26H36N6O2Si/c1-18(30(2)3)22-13-21-15-27-25(14-24(21)32(22)17-34-10-11-35(5,6)7)29-26(33)19-8-9-20-16-28-31(4)23(20)12-19/h8-9,12-16,18H,10-11,17H2,1-7H3,(H,27,29,33). The summed E-state index contributed by atoms with van der Waals surface area (Å²) in [5.41, 5.74) is 3.63. The molecule has 186 valence electrons. The zero-order chi connectivity index (χ0) is 25.3. The van der Waals surface area contributed by atoms with Gasteiger partial charge in [0.1, 0.15) is 12.5 Å². The maximum atomic E-state index is 13.0. The monoisotopic (exact) mass is 492 g/mol. The van der Waals surface area contributed by atoms with E-state index in [2.05, 4.69) is 71.6 Å². The van der Waals surface area contributed by atoms with Gasteiger partial charge in [-0.1, -0.05) is 25.7 Å². The van der Waals surface area contributed by atoms with Gasteiger partial charge in [0.25, 0.3) is 5.91 Å². The number of rotatable bonds is 9. The molecule has 1 aromatic carbocycles. The minimum absolute atomic E-state index is 0.201. The zero-order valence-electron chi connectivity index (χ0n) is 21.8. The minimum atomic E-state index is -1.17. The van der Waals surface area contributed by atoms with Crippen LogP contribution in [-0.2, 0) is 18.5 Å². The molecule has 0 spiro atoms. The van der Waals surface area contributed by atoms with Crippen molar-refractivity contribution in [1.82, 2.24) is 24.2 Å². The predicted octanol–water partition coefficient (Wildman–Crippen LogP) is 5.11. The van der Waals surface area contributed by atoms with Crippen molar-refractivity contribution in [1.29, 1.82) is 0 Å². The van der Waals surface area contributed by atoms with Crippen molar-refractivity contribution in [2.24, 2.45) is 7.05 Å². The fourth-order valence-corrected chi connectivity index (χ4v) is 4.76. The fourth-order valence-electron chi connectivity index (χ4n) is 4.01. The van der Waals surface area contributed by atoms with Crippen molar-refractivity contribution >= 4 is 41.6 Å². The Labute approximate surface area is 207 Å². The lowest BCUT2D eigenvalue weighted by atomic mass is 10.1. The summed E-state index contributed by atoms with van der Waals surface area (Å²) in [5.74, 6) is 0.310. The van der Waals surface area contributed by atoms with Gasteiger partial charge in [-0.3, -0.25) is 9.48 Å². The van der Waals surface area contributed by atoms with Crippen LogP contribution in [0.25, 0.3) is 21.8 Å². The number of hydrogen-bond acceptors (Lipinski definition) is 5. The van der Waals surface area contributed by atoms with Crippen LogP contribution >= 0.6 is 0 Å². The summed E-state index contributed by atoms with van der Waals surface area (Å²) >= 11 is 0. The molecule has 0 bridgehead atoms. The summed E-state index contributed by atoms with van der Waals surface area (Å²) in [7, 11) is 4.84. The highest BCUT2D eigenvalue weighted by molar-refractivity contribution is 6.76. The van der Waals surface area contributed by atoms with Crippen molar-refractivity contribution in [2.45, 2.75) is 45.4 Å². The molecule has 8 nitrogen and oxygen atoms in total. The third kappa shape index (κ3) is 5.63. The molecule has 0 aliphatic rings. The quantitative estimate of drug-likeness (QED) is 0.259. The minimum Gasteiger partial charge on any atom is -0.361 e. The smallest absolute Gasteiger partial charge is 0.256 e. The van der Waals surface area contributed by atoms with E-state index < -0.39 is 8.07 Å². The van der Waals surface area contributed by atoms with E-state index in [1.165, 1.54) is 0 Å². The lowest BCUT2D eigenvalue weighted by Crippen LogP contribution is -2.23. The topological polar surface area (TPSA) is 77.2 Å². The third-order valence-corrected chi connectivity index (χ3v) is 8.19. The number of carbonyl (C=O) groups is 1. The van der Waals surface area contributed by atoms with Crippen molar-refractivity contribution < 1.29 is 9.53 Å². The molecule has 3 aromatic heterocycles. The van der Waals surface area contributed by atoms with Crippen LogP contribution in [0.2, 0.25) is 25.7 Å². The van der Waals surface area contributed by atoms with Crippen LogP contribution in [0.5, 0.6) is 0 Å². The number of aryl methyl sites for hydroxylation is 1. The van der Waals surface area contributed by atoms with Crippen LogP contribution in [0.1, 0.15) is 29.0 Å². The number of fused-ring (bicyclic) bond motifs is 2. The first-order valence-corrected chi connectivity index (χ1v) is 15.7. The molecule has 9 heteroatoms. The molecule has 4 rings (SSSR count). The summed E-state index contributed by atoms with van der Waals surface area (Å²) in [5, 5.41) is 9.24. The van der Waals surface area contributed by atoms with Gasteiger partial charge in [-0.2, -0.15) is 5.10 Å². The van der Waals surface area contributed by atoms with Crippen molar-refractivity contribution in [3.63, 3.8) is 0 Å². The van der Waals surface area contributed by atoms with Gasteiger partial charge in [-0.25, -0.2) is 4.98 Å². The number of amides is 1. The number of nitrogens with zero attached hydrogens (tertiary/aromatic N) is 5. The number of carbonyl (C=O) groups excluding carboxylic acids is 1. The van der Waals surface area contributed by atoms with Crippen LogP contribution in [-0.4, -0.2) is 58.9 Å². The van der Waals surface area contributed by atoms with Crippen LogP contribution < -0.4 is 5.32 Å². The van der Waals surface area contributed by atoms with Crippen LogP contribution in [0, 0.1) is 0 Å². The molecule has 1 N–H and O–H groups in total. The molecule has 1 unspecified atom stereocenters. The largest absolute Gasteiger partial charge is 0.361 e. The Bertz CT molecular complexity index is 1350. The summed E-state index contributed by atoms with van der Waals surface area (Å²) in [4.78, 5) is 19.7. The van der Waals surface area contributed by atoms with E-state index in [4.69, 9.17) is 4.74 Å². The third-order valence-electron chi connectivity index (χ3n) is 6.49. The van der Waals surface area contributed by atoms with E-state index in [0.717, 1.165) is 40.2 Å². The fraction of sp³-hybridized carbons (Fsp3) is 0.423. The maximum absolute atomic E-state index is 13.0. The summed E-state index contributed by atoms with van der Waals surface area (Å²) < 4.78 is 10.1. The normalized spacial score (nSPS) is 13.1. The van der Waals surface area contributed by atoms with Gasteiger partial charge < -0.3 is 19.5 Å². The highest BCUT2D eigenvalue weighted by atomic mass is 28.3. The molecule has 3 heterocycles. The molecule has 4 aromatic rings. The second kappa shape index (κ2) is 9.92. The Morgan fingerprint density at radius 3 is 2.60 bits per heavy atom. The van der Waals surface area contributed by atoms with Gasteiger partial charge in [0.2, 0.25) is 0 Å². The summed E-state index contributed by atoms with van der Waals surface area (Å²) in [6.45, 7) is 10.5. The Hall–Kier alpha value is -3.01. The molecule has 0 saturated carbocycles. The highest BCUT2D eigenvalue weighted by Crippen LogP contribution is 2.28. The van der Waals surface area contributed by atoms with E-state index in [9.17, 15) is 4.79 Å². The molecule has 0 fully saturated rings. The van der Waals surface area contributed by atoms with E-state index in [1.54, 1.807) is 10.9 Å². The Morgan fingerprint density at radius 2 is 1.89 bits per heavy atom. The first-order valence-electron chi connectivity index (χ1n) is 12.0. The summed E-state index contributed by atoms with van der Waals surface area (Å²) in [6.07, 6.45) is 3.61. The van der Waals surface area contributed by atoms with Gasteiger partial charge in [0.05, 0.1) is 17.2 Å². The van der Waals surface area contributed by atoms with Crippen molar-refractivity contribution in [3.8, 4) is 0 Å².